The molecule has 7 nitrogen and oxygen atoms in total. The van der Waals surface area contributed by atoms with Crippen molar-refractivity contribution in [1.29, 1.82) is 0 Å². The van der Waals surface area contributed by atoms with Gasteiger partial charge in [0.15, 0.2) is 11.5 Å². The minimum absolute atomic E-state index is 0.250. The zero-order chi connectivity index (χ0) is 25.2. The molecule has 0 amide bonds. The third kappa shape index (κ3) is 7.32. The van der Waals surface area contributed by atoms with Gasteiger partial charge in [-0.3, -0.25) is 4.90 Å². The largest absolute Gasteiger partial charge is 0.493 e. The van der Waals surface area contributed by atoms with Crippen LogP contribution >= 0.6 is 11.6 Å². The summed E-state index contributed by atoms with van der Waals surface area (Å²) in [5, 5.41) is 16.0. The van der Waals surface area contributed by atoms with E-state index in [4.69, 9.17) is 30.9 Å². The topological polar surface area (TPSA) is 69.0 Å². The summed E-state index contributed by atoms with van der Waals surface area (Å²) in [7, 11) is 1.61. The number of para-hydroxylation sites is 2. The fourth-order valence-electron chi connectivity index (χ4n) is 3.80. The number of ether oxygens (including phenoxy) is 3. The highest BCUT2D eigenvalue weighted by Gasteiger charge is 2.23. The van der Waals surface area contributed by atoms with Crippen LogP contribution in [0.4, 0.5) is 0 Å². The maximum absolute atomic E-state index is 10.5. The molecule has 0 aliphatic carbocycles. The SMILES string of the molecule is C=CCOCC(O)CN(CCC)Cc1c(C)nn(-c2ccc(Cl)cc2)c1Oc1ccccc1OC. The van der Waals surface area contributed by atoms with Crippen molar-refractivity contribution in [2.24, 2.45) is 0 Å². The van der Waals surface area contributed by atoms with Crippen LogP contribution in [0.5, 0.6) is 17.4 Å². The first-order valence-corrected chi connectivity index (χ1v) is 12.1. The van der Waals surface area contributed by atoms with Gasteiger partial charge in [-0.1, -0.05) is 36.7 Å². The fourth-order valence-corrected chi connectivity index (χ4v) is 3.93. The number of aliphatic hydroxyl groups is 1. The molecule has 0 bridgehead atoms. The van der Waals surface area contributed by atoms with Gasteiger partial charge in [0, 0.05) is 18.1 Å². The molecule has 0 saturated heterocycles. The number of halogens is 1. The van der Waals surface area contributed by atoms with E-state index in [0.717, 1.165) is 29.9 Å². The second-order valence-electron chi connectivity index (χ2n) is 8.23. The number of nitrogens with zero attached hydrogens (tertiary/aromatic N) is 3. The summed E-state index contributed by atoms with van der Waals surface area (Å²) in [6, 6.07) is 15.0. The van der Waals surface area contributed by atoms with Gasteiger partial charge in [0.25, 0.3) is 0 Å². The van der Waals surface area contributed by atoms with Crippen LogP contribution in [0.1, 0.15) is 24.6 Å². The molecule has 0 aliphatic rings. The van der Waals surface area contributed by atoms with Crippen LogP contribution < -0.4 is 9.47 Å². The molecule has 1 unspecified atom stereocenters. The molecule has 1 N–H and O–H groups in total. The number of aryl methyl sites for hydroxylation is 1. The minimum Gasteiger partial charge on any atom is -0.493 e. The number of rotatable bonds is 14. The first kappa shape index (κ1) is 26.8. The lowest BCUT2D eigenvalue weighted by Crippen LogP contribution is -2.35. The Labute approximate surface area is 212 Å². The third-order valence-corrected chi connectivity index (χ3v) is 5.67. The Morgan fingerprint density at radius 1 is 1.17 bits per heavy atom. The van der Waals surface area contributed by atoms with Crippen molar-refractivity contribution in [3.05, 3.63) is 77.5 Å². The molecular weight excluding hydrogens is 466 g/mol. The molecule has 0 fully saturated rings. The van der Waals surface area contributed by atoms with Crippen LogP contribution in [0.25, 0.3) is 5.69 Å². The molecule has 3 aromatic rings. The lowest BCUT2D eigenvalue weighted by molar-refractivity contribution is 0.0244. The molecule has 35 heavy (non-hydrogen) atoms. The van der Waals surface area contributed by atoms with E-state index in [2.05, 4.69) is 18.4 Å². The quantitative estimate of drug-likeness (QED) is 0.236. The third-order valence-electron chi connectivity index (χ3n) is 5.42. The summed E-state index contributed by atoms with van der Waals surface area (Å²) in [5.41, 5.74) is 2.59. The molecule has 0 aliphatic heterocycles. The summed E-state index contributed by atoms with van der Waals surface area (Å²) >= 11 is 6.12. The average Bonchev–Trinajstić information content (AvgIpc) is 3.15. The molecule has 0 radical (unpaired) electrons. The Balaban J connectivity index is 1.97. The molecule has 8 heteroatoms. The predicted molar refractivity (Wildman–Crippen MR) is 139 cm³/mol. The number of aliphatic hydroxyl groups excluding tert-OH is 1. The van der Waals surface area contributed by atoms with E-state index in [9.17, 15) is 5.11 Å². The lowest BCUT2D eigenvalue weighted by atomic mass is 10.2. The first-order chi connectivity index (χ1) is 17.0. The van der Waals surface area contributed by atoms with Gasteiger partial charge < -0.3 is 19.3 Å². The highest BCUT2D eigenvalue weighted by molar-refractivity contribution is 6.30. The lowest BCUT2D eigenvalue weighted by Gasteiger charge is -2.25. The number of aromatic nitrogens is 2. The fraction of sp³-hybridized carbons (Fsp3) is 0.370. The van der Waals surface area contributed by atoms with Gasteiger partial charge in [-0.2, -0.15) is 5.10 Å². The molecule has 1 aromatic heterocycles. The van der Waals surface area contributed by atoms with Gasteiger partial charge in [-0.25, -0.2) is 4.68 Å². The molecular formula is C27H34ClN3O4. The molecule has 3 rings (SSSR count). The van der Waals surface area contributed by atoms with Crippen molar-refractivity contribution >= 4 is 11.6 Å². The van der Waals surface area contributed by atoms with E-state index in [1.54, 1.807) is 17.9 Å². The van der Waals surface area contributed by atoms with Gasteiger partial charge >= 0.3 is 0 Å². The Hall–Kier alpha value is -2.84. The summed E-state index contributed by atoms with van der Waals surface area (Å²) in [6.07, 6.45) is 1.99. The van der Waals surface area contributed by atoms with Crippen molar-refractivity contribution in [1.82, 2.24) is 14.7 Å². The van der Waals surface area contributed by atoms with Crippen molar-refractivity contribution in [3.63, 3.8) is 0 Å². The second-order valence-corrected chi connectivity index (χ2v) is 8.66. The standard InChI is InChI=1S/C27H34ClN3O4/c1-5-15-30(17-23(32)19-34-16-6-2)18-24-20(3)29-31(22-13-11-21(28)12-14-22)27(24)35-26-10-8-7-9-25(26)33-4/h6-14,23,32H,2,5,15-19H2,1,3-4H3. The Morgan fingerprint density at radius 3 is 2.54 bits per heavy atom. The molecule has 0 saturated carbocycles. The Kier molecular flexibility index (Phi) is 10.2. The van der Waals surface area contributed by atoms with E-state index < -0.39 is 6.10 Å². The van der Waals surface area contributed by atoms with Crippen LogP contribution in [-0.4, -0.2) is 59.3 Å². The van der Waals surface area contributed by atoms with E-state index in [1.165, 1.54) is 0 Å². The number of hydrogen-bond acceptors (Lipinski definition) is 6. The maximum atomic E-state index is 10.5. The van der Waals surface area contributed by atoms with Crippen molar-refractivity contribution in [2.75, 3.05) is 33.4 Å². The van der Waals surface area contributed by atoms with Crippen LogP contribution in [0, 0.1) is 6.92 Å². The second kappa shape index (κ2) is 13.3. The smallest absolute Gasteiger partial charge is 0.227 e. The zero-order valence-electron chi connectivity index (χ0n) is 20.6. The first-order valence-electron chi connectivity index (χ1n) is 11.7. The average molecular weight is 500 g/mol. The normalized spacial score (nSPS) is 12.1. The number of hydrogen-bond donors (Lipinski definition) is 1. The molecule has 2 aromatic carbocycles. The summed E-state index contributed by atoms with van der Waals surface area (Å²) < 4.78 is 19.2. The highest BCUT2D eigenvalue weighted by atomic mass is 35.5. The van der Waals surface area contributed by atoms with Crippen molar-refractivity contribution in [3.8, 4) is 23.1 Å². The maximum Gasteiger partial charge on any atom is 0.227 e. The molecule has 1 heterocycles. The van der Waals surface area contributed by atoms with E-state index in [1.807, 2.05) is 55.5 Å². The highest BCUT2D eigenvalue weighted by Crippen LogP contribution is 2.36. The molecule has 1 atom stereocenters. The number of methoxy groups -OCH3 is 1. The molecule has 188 valence electrons. The van der Waals surface area contributed by atoms with Crippen molar-refractivity contribution in [2.45, 2.75) is 32.9 Å². The van der Waals surface area contributed by atoms with Crippen LogP contribution in [0.2, 0.25) is 5.02 Å². The van der Waals surface area contributed by atoms with Gasteiger partial charge in [0.2, 0.25) is 5.88 Å². The van der Waals surface area contributed by atoms with Gasteiger partial charge in [-0.15, -0.1) is 6.58 Å². The summed E-state index contributed by atoms with van der Waals surface area (Å²) in [5.74, 6) is 1.80. The van der Waals surface area contributed by atoms with E-state index in [-0.39, 0.29) is 6.61 Å². The minimum atomic E-state index is -0.619. The van der Waals surface area contributed by atoms with Crippen molar-refractivity contribution < 1.29 is 19.3 Å². The van der Waals surface area contributed by atoms with Gasteiger partial charge in [0.05, 0.1) is 43.4 Å². The Morgan fingerprint density at radius 2 is 1.89 bits per heavy atom. The van der Waals surface area contributed by atoms with Gasteiger partial charge in [-0.05, 0) is 56.3 Å². The van der Waals surface area contributed by atoms with Crippen LogP contribution in [0.15, 0.2) is 61.2 Å². The zero-order valence-corrected chi connectivity index (χ0v) is 21.4. The number of benzene rings is 2. The monoisotopic (exact) mass is 499 g/mol. The molecule has 0 spiro atoms. The Bertz CT molecular complexity index is 1080. The van der Waals surface area contributed by atoms with E-state index in [0.29, 0.717) is 42.1 Å². The van der Waals surface area contributed by atoms with E-state index >= 15 is 0 Å². The van der Waals surface area contributed by atoms with Crippen LogP contribution in [0.3, 0.4) is 0 Å². The summed E-state index contributed by atoms with van der Waals surface area (Å²) in [4.78, 5) is 2.19. The predicted octanol–water partition coefficient (Wildman–Crippen LogP) is 5.41. The van der Waals surface area contributed by atoms with Gasteiger partial charge in [0.1, 0.15) is 0 Å². The summed E-state index contributed by atoms with van der Waals surface area (Å²) in [6.45, 7) is 10.2. The van der Waals surface area contributed by atoms with Crippen LogP contribution in [-0.2, 0) is 11.3 Å².